The first kappa shape index (κ1) is 22.4. The molecule has 0 spiro atoms. The number of nitrogens with zero attached hydrogens (tertiary/aromatic N) is 2. The maximum Gasteiger partial charge on any atom is 0.350 e. The molecular formula is C18H32N4O3S. The Morgan fingerprint density at radius 3 is 2.54 bits per heavy atom. The fourth-order valence-corrected chi connectivity index (χ4v) is 3.35. The maximum atomic E-state index is 12.0. The Hall–Kier alpha value is -1.67. The SMILES string of the molecule is CCOC(=O)c1sc(C(C)NC(=NC)NCC(OC)C(C)(C)C)nc1C. The van der Waals surface area contributed by atoms with Gasteiger partial charge in [0.15, 0.2) is 5.96 Å². The highest BCUT2D eigenvalue weighted by Gasteiger charge is 2.25. The van der Waals surface area contributed by atoms with Crippen molar-refractivity contribution in [1.29, 1.82) is 0 Å². The van der Waals surface area contributed by atoms with Gasteiger partial charge in [0.05, 0.1) is 24.4 Å². The van der Waals surface area contributed by atoms with E-state index in [1.54, 1.807) is 21.1 Å². The predicted octanol–water partition coefficient (Wildman–Crippen LogP) is 2.92. The molecule has 1 aromatic heterocycles. The summed E-state index contributed by atoms with van der Waals surface area (Å²) in [5.41, 5.74) is 0.708. The standard InChI is InChI=1S/C18H32N4O3S/c1-9-25-16(23)14-11(2)21-15(26-14)12(3)22-17(19-7)20-10-13(24-8)18(4,5)6/h12-13H,9-10H2,1-8H3,(H2,19,20,22). The number of carbonyl (C=O) groups excluding carboxylic acids is 1. The second kappa shape index (κ2) is 9.87. The van der Waals surface area contributed by atoms with Gasteiger partial charge in [-0.1, -0.05) is 20.8 Å². The number of methoxy groups -OCH3 is 1. The van der Waals surface area contributed by atoms with Crippen LogP contribution in [0.25, 0.3) is 0 Å². The van der Waals surface area contributed by atoms with Gasteiger partial charge in [0, 0.05) is 20.7 Å². The van der Waals surface area contributed by atoms with Crippen molar-refractivity contribution in [2.75, 3.05) is 27.3 Å². The van der Waals surface area contributed by atoms with E-state index in [4.69, 9.17) is 9.47 Å². The summed E-state index contributed by atoms with van der Waals surface area (Å²) >= 11 is 1.35. The number of rotatable bonds is 7. The van der Waals surface area contributed by atoms with Crippen LogP contribution in [0.5, 0.6) is 0 Å². The number of nitrogens with one attached hydrogen (secondary N) is 2. The number of aryl methyl sites for hydroxylation is 1. The fourth-order valence-electron chi connectivity index (χ4n) is 2.38. The Labute approximate surface area is 160 Å². The second-order valence-corrected chi connectivity index (χ2v) is 8.13. The summed E-state index contributed by atoms with van der Waals surface area (Å²) in [5.74, 6) is 0.339. The normalized spacial score (nSPS) is 14.7. The highest BCUT2D eigenvalue weighted by atomic mass is 32.1. The van der Waals surface area contributed by atoms with Crippen molar-refractivity contribution < 1.29 is 14.3 Å². The van der Waals surface area contributed by atoms with Crippen molar-refractivity contribution in [1.82, 2.24) is 15.6 Å². The van der Waals surface area contributed by atoms with E-state index in [9.17, 15) is 4.79 Å². The summed E-state index contributed by atoms with van der Waals surface area (Å²) in [6, 6.07) is -0.0938. The van der Waals surface area contributed by atoms with Gasteiger partial charge in [0.25, 0.3) is 0 Å². The quantitative estimate of drug-likeness (QED) is 0.427. The lowest BCUT2D eigenvalue weighted by molar-refractivity contribution is 0.0205. The van der Waals surface area contributed by atoms with Crippen molar-refractivity contribution in [3.8, 4) is 0 Å². The van der Waals surface area contributed by atoms with Gasteiger partial charge < -0.3 is 20.1 Å². The Bertz CT molecular complexity index is 622. The number of ether oxygens (including phenoxy) is 2. The monoisotopic (exact) mass is 384 g/mol. The molecule has 0 aliphatic rings. The van der Waals surface area contributed by atoms with Gasteiger partial charge >= 0.3 is 5.97 Å². The van der Waals surface area contributed by atoms with Crippen LogP contribution in [0.2, 0.25) is 0 Å². The fraction of sp³-hybridized carbons (Fsp3) is 0.722. The first-order valence-electron chi connectivity index (χ1n) is 8.78. The lowest BCUT2D eigenvalue weighted by atomic mass is 9.89. The molecule has 0 fully saturated rings. The molecule has 0 bridgehead atoms. The molecule has 8 heteroatoms. The summed E-state index contributed by atoms with van der Waals surface area (Å²) in [4.78, 5) is 21.3. The van der Waals surface area contributed by atoms with Crippen LogP contribution in [0.15, 0.2) is 4.99 Å². The van der Waals surface area contributed by atoms with Crippen molar-refractivity contribution >= 4 is 23.3 Å². The number of hydrogen-bond acceptors (Lipinski definition) is 6. The Morgan fingerprint density at radius 1 is 1.38 bits per heavy atom. The van der Waals surface area contributed by atoms with Crippen LogP contribution in [0.1, 0.15) is 61.0 Å². The molecule has 1 heterocycles. The molecule has 0 amide bonds. The van der Waals surface area contributed by atoms with Crippen molar-refractivity contribution in [2.24, 2.45) is 10.4 Å². The molecular weight excluding hydrogens is 352 g/mol. The summed E-state index contributed by atoms with van der Waals surface area (Å²) in [7, 11) is 3.43. The minimum absolute atomic E-state index is 0.0210. The average Bonchev–Trinajstić information content (AvgIpc) is 2.95. The molecule has 0 radical (unpaired) electrons. The molecule has 0 saturated heterocycles. The van der Waals surface area contributed by atoms with Gasteiger partial charge in [-0.3, -0.25) is 4.99 Å². The van der Waals surface area contributed by atoms with Crippen LogP contribution in [0.3, 0.4) is 0 Å². The third-order valence-corrected chi connectivity index (χ3v) is 5.25. The minimum Gasteiger partial charge on any atom is -0.462 e. The number of guanidine groups is 1. The molecule has 1 rings (SSSR count). The van der Waals surface area contributed by atoms with Crippen molar-refractivity contribution in [2.45, 2.75) is 53.7 Å². The number of aromatic nitrogens is 1. The average molecular weight is 385 g/mol. The number of esters is 1. The predicted molar refractivity (Wildman–Crippen MR) is 106 cm³/mol. The molecule has 0 aliphatic heterocycles. The molecule has 0 aliphatic carbocycles. The van der Waals surface area contributed by atoms with Crippen LogP contribution in [0.4, 0.5) is 0 Å². The lowest BCUT2D eigenvalue weighted by Crippen LogP contribution is -2.45. The van der Waals surface area contributed by atoms with Gasteiger partial charge in [0.1, 0.15) is 9.88 Å². The summed E-state index contributed by atoms with van der Waals surface area (Å²) in [5, 5.41) is 7.41. The zero-order valence-corrected chi connectivity index (χ0v) is 17.9. The van der Waals surface area contributed by atoms with Crippen LogP contribution in [-0.2, 0) is 9.47 Å². The zero-order valence-electron chi connectivity index (χ0n) is 17.1. The molecule has 148 valence electrons. The van der Waals surface area contributed by atoms with E-state index in [1.165, 1.54) is 11.3 Å². The number of thiazole rings is 1. The van der Waals surface area contributed by atoms with E-state index in [1.807, 2.05) is 13.8 Å². The topological polar surface area (TPSA) is 84.8 Å². The Balaban J connectivity index is 2.74. The Kier molecular flexibility index (Phi) is 8.49. The summed E-state index contributed by atoms with van der Waals surface area (Å²) in [6.07, 6.45) is 0.0499. The van der Waals surface area contributed by atoms with Crippen LogP contribution < -0.4 is 10.6 Å². The number of carbonyl (C=O) groups is 1. The highest BCUT2D eigenvalue weighted by Crippen LogP contribution is 2.24. The molecule has 2 N–H and O–H groups in total. The van der Waals surface area contributed by atoms with Gasteiger partial charge in [-0.2, -0.15) is 0 Å². The molecule has 2 atom stereocenters. The van der Waals surface area contributed by atoms with E-state index in [0.717, 1.165) is 5.01 Å². The number of hydrogen-bond donors (Lipinski definition) is 2. The summed E-state index contributed by atoms with van der Waals surface area (Å²) < 4.78 is 10.6. The molecule has 0 saturated carbocycles. The van der Waals surface area contributed by atoms with Gasteiger partial charge in [-0.05, 0) is 26.2 Å². The van der Waals surface area contributed by atoms with E-state index >= 15 is 0 Å². The van der Waals surface area contributed by atoms with Crippen LogP contribution >= 0.6 is 11.3 Å². The largest absolute Gasteiger partial charge is 0.462 e. The van der Waals surface area contributed by atoms with Crippen molar-refractivity contribution in [3.05, 3.63) is 15.6 Å². The van der Waals surface area contributed by atoms with E-state index in [-0.39, 0.29) is 23.5 Å². The minimum atomic E-state index is -0.323. The van der Waals surface area contributed by atoms with Crippen LogP contribution in [-0.4, -0.2) is 50.3 Å². The maximum absolute atomic E-state index is 12.0. The smallest absolute Gasteiger partial charge is 0.350 e. The molecule has 7 nitrogen and oxygen atoms in total. The third-order valence-electron chi connectivity index (χ3n) is 3.93. The molecule has 2 unspecified atom stereocenters. The first-order valence-corrected chi connectivity index (χ1v) is 9.60. The van der Waals surface area contributed by atoms with Gasteiger partial charge in [-0.25, -0.2) is 9.78 Å². The Morgan fingerprint density at radius 2 is 2.04 bits per heavy atom. The van der Waals surface area contributed by atoms with E-state index in [0.29, 0.717) is 29.7 Å². The highest BCUT2D eigenvalue weighted by molar-refractivity contribution is 7.13. The third kappa shape index (κ3) is 6.25. The van der Waals surface area contributed by atoms with E-state index in [2.05, 4.69) is 41.4 Å². The van der Waals surface area contributed by atoms with E-state index < -0.39 is 0 Å². The second-order valence-electron chi connectivity index (χ2n) is 7.10. The first-order chi connectivity index (χ1) is 12.1. The zero-order chi connectivity index (χ0) is 19.9. The van der Waals surface area contributed by atoms with Crippen molar-refractivity contribution in [3.63, 3.8) is 0 Å². The molecule has 0 aromatic carbocycles. The van der Waals surface area contributed by atoms with Gasteiger partial charge in [-0.15, -0.1) is 11.3 Å². The number of aliphatic imine (C=N–C) groups is 1. The lowest BCUT2D eigenvalue weighted by Gasteiger charge is -2.30. The molecule has 26 heavy (non-hydrogen) atoms. The van der Waals surface area contributed by atoms with Gasteiger partial charge in [0.2, 0.25) is 0 Å². The van der Waals surface area contributed by atoms with Crippen LogP contribution in [0, 0.1) is 12.3 Å². The molecule has 1 aromatic rings. The summed E-state index contributed by atoms with van der Waals surface area (Å²) in [6.45, 7) is 13.0.